The summed E-state index contributed by atoms with van der Waals surface area (Å²) in [5, 5.41) is 0.234. The number of carbonyl (C=O) groups excluding carboxylic acids is 1. The maximum atomic E-state index is 14.1. The first-order chi connectivity index (χ1) is 15.9. The van der Waals surface area contributed by atoms with E-state index in [2.05, 4.69) is 4.98 Å². The van der Waals surface area contributed by atoms with Crippen molar-refractivity contribution in [1.82, 2.24) is 9.55 Å². The molecule has 1 aliphatic rings. The predicted octanol–water partition coefficient (Wildman–Crippen LogP) is 4.36. The van der Waals surface area contributed by atoms with E-state index >= 15 is 0 Å². The molecule has 0 bridgehead atoms. The minimum atomic E-state index is -1.02. The van der Waals surface area contributed by atoms with Gasteiger partial charge >= 0.3 is 5.97 Å². The highest BCUT2D eigenvalue weighted by Crippen LogP contribution is 2.29. The van der Waals surface area contributed by atoms with E-state index in [4.69, 9.17) is 9.47 Å². The summed E-state index contributed by atoms with van der Waals surface area (Å²) in [6, 6.07) is 6.07. The Morgan fingerprint density at radius 2 is 1.79 bits per heavy atom. The van der Waals surface area contributed by atoms with E-state index in [0.29, 0.717) is 55.7 Å². The van der Waals surface area contributed by atoms with Crippen LogP contribution < -0.4 is 10.3 Å². The van der Waals surface area contributed by atoms with E-state index in [9.17, 15) is 22.8 Å². The Morgan fingerprint density at radius 3 is 2.45 bits per heavy atom. The lowest BCUT2D eigenvalue weighted by atomic mass is 9.87. The fraction of sp³-hybridized carbons (Fsp3) is 0.375. The van der Waals surface area contributed by atoms with Gasteiger partial charge in [0.15, 0.2) is 0 Å². The van der Waals surface area contributed by atoms with Gasteiger partial charge < -0.3 is 14.0 Å². The Bertz CT molecular complexity index is 1210. The van der Waals surface area contributed by atoms with Crippen molar-refractivity contribution in [2.45, 2.75) is 45.3 Å². The predicted molar refractivity (Wildman–Crippen MR) is 114 cm³/mol. The monoisotopic (exact) mass is 460 g/mol. The van der Waals surface area contributed by atoms with E-state index in [1.807, 2.05) is 0 Å². The van der Waals surface area contributed by atoms with Gasteiger partial charge in [-0.05, 0) is 50.8 Å². The van der Waals surface area contributed by atoms with Crippen LogP contribution in [-0.4, -0.2) is 28.2 Å². The summed E-state index contributed by atoms with van der Waals surface area (Å²) in [5.41, 5.74) is -0.420. The summed E-state index contributed by atoms with van der Waals surface area (Å²) in [5.74, 6) is -2.87. The summed E-state index contributed by atoms with van der Waals surface area (Å²) in [6.45, 7) is 1.88. The normalized spacial score (nSPS) is 18.3. The first kappa shape index (κ1) is 22.8. The van der Waals surface area contributed by atoms with Gasteiger partial charge in [0.25, 0.3) is 5.56 Å². The largest absolute Gasteiger partial charge is 0.490 e. The van der Waals surface area contributed by atoms with Crippen molar-refractivity contribution in [3.8, 4) is 5.75 Å². The Labute approximate surface area is 188 Å². The lowest BCUT2D eigenvalue weighted by Gasteiger charge is -2.27. The zero-order valence-electron chi connectivity index (χ0n) is 18.0. The van der Waals surface area contributed by atoms with Crippen LogP contribution >= 0.6 is 0 Å². The molecule has 0 radical (unpaired) electrons. The average Bonchev–Trinajstić information content (AvgIpc) is 2.78. The Kier molecular flexibility index (Phi) is 6.67. The van der Waals surface area contributed by atoms with E-state index in [1.54, 1.807) is 25.1 Å². The molecule has 6 nitrogen and oxygen atoms in total. The molecular formula is C24H23F3N2O4. The van der Waals surface area contributed by atoms with Gasteiger partial charge in [-0.2, -0.15) is 4.98 Å². The highest BCUT2D eigenvalue weighted by atomic mass is 19.1. The number of ether oxygens (including phenoxy) is 2. The fourth-order valence-corrected chi connectivity index (χ4v) is 4.15. The third-order valence-corrected chi connectivity index (χ3v) is 5.85. The lowest BCUT2D eigenvalue weighted by Crippen LogP contribution is -2.29. The Balaban J connectivity index is 1.53. The van der Waals surface area contributed by atoms with Gasteiger partial charge in [0.2, 0.25) is 0 Å². The number of aromatic nitrogens is 2. The van der Waals surface area contributed by atoms with Crippen molar-refractivity contribution >= 4 is 16.9 Å². The number of rotatable bonds is 6. The van der Waals surface area contributed by atoms with Crippen LogP contribution in [0.2, 0.25) is 0 Å². The van der Waals surface area contributed by atoms with Crippen LogP contribution in [-0.2, 0) is 16.1 Å². The highest BCUT2D eigenvalue weighted by molar-refractivity contribution is 5.79. The highest BCUT2D eigenvalue weighted by Gasteiger charge is 2.28. The number of hydrogen-bond donors (Lipinski definition) is 0. The standard InChI is InChI=1S/C24H23F3N2O4/c1-2-32-24(31)14-3-5-16(6-4-14)33-17-7-8-22-18(11-17)23(30)28-13-29(22)12-19-20(26)9-15(25)10-21(19)27/h7-11,13-14,16H,2-6,12H2,1H3. The van der Waals surface area contributed by atoms with Crippen molar-refractivity contribution in [3.63, 3.8) is 0 Å². The zero-order valence-corrected chi connectivity index (χ0v) is 18.0. The number of benzene rings is 2. The van der Waals surface area contributed by atoms with Gasteiger partial charge in [0.1, 0.15) is 23.2 Å². The molecule has 1 aliphatic carbocycles. The SMILES string of the molecule is CCOC(=O)C1CCC(Oc2ccc3c(c2)c(=O)ncn3Cc2c(F)cc(F)cc2F)CC1. The Morgan fingerprint density at radius 1 is 1.09 bits per heavy atom. The summed E-state index contributed by atoms with van der Waals surface area (Å²) >= 11 is 0. The first-order valence-corrected chi connectivity index (χ1v) is 10.8. The van der Waals surface area contributed by atoms with Gasteiger partial charge in [-0.25, -0.2) is 13.2 Å². The molecule has 0 saturated heterocycles. The molecule has 0 atom stereocenters. The maximum Gasteiger partial charge on any atom is 0.308 e. The molecule has 2 aromatic carbocycles. The van der Waals surface area contributed by atoms with Crippen molar-refractivity contribution in [3.05, 3.63) is 70.0 Å². The molecule has 1 saturated carbocycles. The minimum Gasteiger partial charge on any atom is -0.490 e. The molecule has 1 fully saturated rings. The van der Waals surface area contributed by atoms with Gasteiger partial charge in [-0.15, -0.1) is 0 Å². The van der Waals surface area contributed by atoms with E-state index < -0.39 is 23.0 Å². The molecule has 0 spiro atoms. The molecule has 0 N–H and O–H groups in total. The molecule has 1 heterocycles. The first-order valence-electron chi connectivity index (χ1n) is 10.8. The molecular weight excluding hydrogens is 437 g/mol. The molecule has 0 unspecified atom stereocenters. The molecule has 1 aromatic heterocycles. The molecule has 0 aliphatic heterocycles. The van der Waals surface area contributed by atoms with Crippen LogP contribution in [0.5, 0.6) is 5.75 Å². The summed E-state index contributed by atoms with van der Waals surface area (Å²) in [6.07, 6.45) is 3.79. The number of hydrogen-bond acceptors (Lipinski definition) is 5. The van der Waals surface area contributed by atoms with Crippen molar-refractivity contribution in [1.29, 1.82) is 0 Å². The van der Waals surface area contributed by atoms with Crippen molar-refractivity contribution in [2.24, 2.45) is 5.92 Å². The second-order valence-electron chi connectivity index (χ2n) is 8.05. The average molecular weight is 460 g/mol. The number of halogens is 3. The zero-order chi connectivity index (χ0) is 23.5. The summed E-state index contributed by atoms with van der Waals surface area (Å²) in [4.78, 5) is 28.0. The molecule has 3 aromatic rings. The topological polar surface area (TPSA) is 70.4 Å². The summed E-state index contributed by atoms with van der Waals surface area (Å²) in [7, 11) is 0. The lowest BCUT2D eigenvalue weighted by molar-refractivity contribution is -0.149. The number of nitrogens with zero attached hydrogens (tertiary/aromatic N) is 2. The molecule has 174 valence electrons. The molecule has 33 heavy (non-hydrogen) atoms. The minimum absolute atomic E-state index is 0.102. The van der Waals surface area contributed by atoms with Crippen LogP contribution in [0, 0.1) is 23.4 Å². The smallest absolute Gasteiger partial charge is 0.308 e. The second kappa shape index (κ2) is 9.64. The van der Waals surface area contributed by atoms with Crippen molar-refractivity contribution in [2.75, 3.05) is 6.61 Å². The Hall–Kier alpha value is -3.36. The van der Waals surface area contributed by atoms with E-state index in [0.717, 1.165) is 0 Å². The van der Waals surface area contributed by atoms with Crippen LogP contribution in [0.25, 0.3) is 10.9 Å². The molecule has 4 rings (SSSR count). The van der Waals surface area contributed by atoms with Gasteiger partial charge in [-0.1, -0.05) is 0 Å². The maximum absolute atomic E-state index is 14.1. The second-order valence-corrected chi connectivity index (χ2v) is 8.05. The van der Waals surface area contributed by atoms with E-state index in [1.165, 1.54) is 10.9 Å². The third kappa shape index (κ3) is 5.02. The van der Waals surface area contributed by atoms with Crippen LogP contribution in [0.1, 0.15) is 38.2 Å². The van der Waals surface area contributed by atoms with Gasteiger partial charge in [0.05, 0.1) is 42.4 Å². The third-order valence-electron chi connectivity index (χ3n) is 5.85. The quantitative estimate of drug-likeness (QED) is 0.511. The van der Waals surface area contributed by atoms with Crippen LogP contribution in [0.15, 0.2) is 41.5 Å². The molecule has 9 heteroatoms. The summed E-state index contributed by atoms with van der Waals surface area (Å²) < 4.78 is 53.9. The number of carbonyl (C=O) groups is 1. The van der Waals surface area contributed by atoms with Crippen molar-refractivity contribution < 1.29 is 27.4 Å². The number of fused-ring (bicyclic) bond motifs is 1. The number of esters is 1. The van der Waals surface area contributed by atoms with Gasteiger partial charge in [0, 0.05) is 17.7 Å². The van der Waals surface area contributed by atoms with Gasteiger partial charge in [-0.3, -0.25) is 9.59 Å². The van der Waals surface area contributed by atoms with E-state index in [-0.39, 0.29) is 35.5 Å². The molecule has 0 amide bonds. The van der Waals surface area contributed by atoms with Crippen LogP contribution in [0.3, 0.4) is 0 Å². The fourth-order valence-electron chi connectivity index (χ4n) is 4.15. The van der Waals surface area contributed by atoms with Crippen LogP contribution in [0.4, 0.5) is 13.2 Å².